The standard InChI is InChI=1S/C9H13N5O/c10-4-1-2-8-6-14(13-12-8)7-9-3-5-11-15-9/h3,5-6H,1-2,4,7,10H2. The largest absolute Gasteiger partial charge is 0.359 e. The highest BCUT2D eigenvalue weighted by Crippen LogP contribution is 2.02. The number of nitrogens with two attached hydrogens (primary N) is 1. The van der Waals surface area contributed by atoms with E-state index >= 15 is 0 Å². The van der Waals surface area contributed by atoms with Crippen molar-refractivity contribution in [2.24, 2.45) is 5.73 Å². The predicted molar refractivity (Wildman–Crippen MR) is 53.0 cm³/mol. The van der Waals surface area contributed by atoms with Crippen molar-refractivity contribution in [3.63, 3.8) is 0 Å². The first-order chi connectivity index (χ1) is 7.38. The molecule has 0 fully saturated rings. The van der Waals surface area contributed by atoms with Gasteiger partial charge in [0.15, 0.2) is 5.76 Å². The van der Waals surface area contributed by atoms with Gasteiger partial charge in [-0.1, -0.05) is 10.4 Å². The van der Waals surface area contributed by atoms with Crippen molar-refractivity contribution in [3.8, 4) is 0 Å². The number of aromatic nitrogens is 4. The molecule has 0 aliphatic carbocycles. The van der Waals surface area contributed by atoms with Gasteiger partial charge in [0.2, 0.25) is 0 Å². The maximum atomic E-state index is 5.41. The number of rotatable bonds is 5. The minimum absolute atomic E-state index is 0.565. The Morgan fingerprint density at radius 3 is 3.13 bits per heavy atom. The van der Waals surface area contributed by atoms with Crippen LogP contribution in [0.3, 0.4) is 0 Å². The molecule has 0 amide bonds. The Morgan fingerprint density at radius 1 is 1.47 bits per heavy atom. The molecule has 2 N–H and O–H groups in total. The monoisotopic (exact) mass is 207 g/mol. The molecule has 0 aromatic carbocycles. The third-order valence-corrected chi connectivity index (χ3v) is 2.03. The van der Waals surface area contributed by atoms with Gasteiger partial charge in [0, 0.05) is 12.3 Å². The first kappa shape index (κ1) is 9.85. The van der Waals surface area contributed by atoms with E-state index in [1.54, 1.807) is 16.9 Å². The molecule has 6 nitrogen and oxygen atoms in total. The molecule has 0 spiro atoms. The average molecular weight is 207 g/mol. The summed E-state index contributed by atoms with van der Waals surface area (Å²) in [6.07, 6.45) is 5.31. The normalized spacial score (nSPS) is 10.7. The van der Waals surface area contributed by atoms with Gasteiger partial charge < -0.3 is 10.3 Å². The van der Waals surface area contributed by atoms with Gasteiger partial charge in [0.1, 0.15) is 6.54 Å². The molecular formula is C9H13N5O. The summed E-state index contributed by atoms with van der Waals surface area (Å²) in [5, 5.41) is 11.6. The molecular weight excluding hydrogens is 194 g/mol. The second-order valence-corrected chi connectivity index (χ2v) is 3.28. The topological polar surface area (TPSA) is 82.8 Å². The lowest BCUT2D eigenvalue weighted by atomic mass is 10.2. The van der Waals surface area contributed by atoms with Gasteiger partial charge in [-0.2, -0.15) is 0 Å². The Kier molecular flexibility index (Phi) is 3.08. The summed E-state index contributed by atoms with van der Waals surface area (Å²) in [7, 11) is 0. The van der Waals surface area contributed by atoms with E-state index in [4.69, 9.17) is 10.3 Å². The lowest BCUT2D eigenvalue weighted by Gasteiger charge is -1.93. The Labute approximate surface area is 87.0 Å². The second kappa shape index (κ2) is 4.70. The Morgan fingerprint density at radius 2 is 2.40 bits per heavy atom. The van der Waals surface area contributed by atoms with Crippen LogP contribution >= 0.6 is 0 Å². The van der Waals surface area contributed by atoms with Gasteiger partial charge in [0.05, 0.1) is 11.9 Å². The van der Waals surface area contributed by atoms with Crippen LogP contribution in [0.5, 0.6) is 0 Å². The van der Waals surface area contributed by atoms with Gasteiger partial charge >= 0.3 is 0 Å². The van der Waals surface area contributed by atoms with E-state index in [0.717, 1.165) is 24.3 Å². The Balaban J connectivity index is 1.95. The van der Waals surface area contributed by atoms with Crippen LogP contribution in [0.15, 0.2) is 23.0 Å². The third-order valence-electron chi connectivity index (χ3n) is 2.03. The van der Waals surface area contributed by atoms with Crippen LogP contribution in [-0.2, 0) is 13.0 Å². The third kappa shape index (κ3) is 2.63. The van der Waals surface area contributed by atoms with Gasteiger partial charge in [-0.15, -0.1) is 5.10 Å². The summed E-state index contributed by atoms with van der Waals surface area (Å²) in [6, 6.07) is 1.81. The van der Waals surface area contributed by atoms with Gasteiger partial charge in [0.25, 0.3) is 0 Å². The van der Waals surface area contributed by atoms with Crippen LogP contribution in [0.25, 0.3) is 0 Å². The Hall–Kier alpha value is -1.69. The highest BCUT2D eigenvalue weighted by molar-refractivity contribution is 4.97. The summed E-state index contributed by atoms with van der Waals surface area (Å²) in [6.45, 7) is 1.24. The number of hydrogen-bond donors (Lipinski definition) is 1. The highest BCUT2D eigenvalue weighted by atomic mass is 16.5. The van der Waals surface area contributed by atoms with Crippen LogP contribution < -0.4 is 5.73 Å². The molecule has 0 saturated carbocycles. The zero-order valence-electron chi connectivity index (χ0n) is 8.33. The molecule has 2 aromatic heterocycles. The molecule has 0 radical (unpaired) electrons. The first-order valence-electron chi connectivity index (χ1n) is 4.87. The van der Waals surface area contributed by atoms with Crippen LogP contribution in [0, 0.1) is 0 Å². The molecule has 2 rings (SSSR count). The number of hydrogen-bond acceptors (Lipinski definition) is 5. The van der Waals surface area contributed by atoms with Crippen molar-refractivity contribution < 1.29 is 4.52 Å². The fraction of sp³-hybridized carbons (Fsp3) is 0.444. The molecule has 15 heavy (non-hydrogen) atoms. The van der Waals surface area contributed by atoms with E-state index < -0.39 is 0 Å². The highest BCUT2D eigenvalue weighted by Gasteiger charge is 2.03. The molecule has 0 aliphatic heterocycles. The molecule has 6 heteroatoms. The molecule has 0 unspecified atom stereocenters. The van der Waals surface area contributed by atoms with Crippen LogP contribution in [-0.4, -0.2) is 26.7 Å². The van der Waals surface area contributed by atoms with Crippen molar-refractivity contribution in [1.29, 1.82) is 0 Å². The predicted octanol–water partition coefficient (Wildman–Crippen LogP) is 0.206. The lowest BCUT2D eigenvalue weighted by Crippen LogP contribution is -2.00. The molecule has 0 bridgehead atoms. The van der Waals surface area contributed by atoms with Crippen LogP contribution in [0.4, 0.5) is 0 Å². The van der Waals surface area contributed by atoms with E-state index in [-0.39, 0.29) is 0 Å². The molecule has 0 atom stereocenters. The summed E-state index contributed by atoms with van der Waals surface area (Å²) < 4.78 is 6.70. The first-order valence-corrected chi connectivity index (χ1v) is 4.87. The summed E-state index contributed by atoms with van der Waals surface area (Å²) in [5.41, 5.74) is 6.37. The maximum absolute atomic E-state index is 5.41. The Bertz CT molecular complexity index is 394. The van der Waals surface area contributed by atoms with Crippen LogP contribution in [0.2, 0.25) is 0 Å². The van der Waals surface area contributed by atoms with Crippen molar-refractivity contribution in [3.05, 3.63) is 29.9 Å². The molecule has 0 aliphatic rings. The quantitative estimate of drug-likeness (QED) is 0.757. The number of aryl methyl sites for hydroxylation is 1. The molecule has 2 heterocycles. The van der Waals surface area contributed by atoms with Crippen LogP contribution in [0.1, 0.15) is 17.9 Å². The van der Waals surface area contributed by atoms with E-state index in [0.29, 0.717) is 13.1 Å². The lowest BCUT2D eigenvalue weighted by molar-refractivity contribution is 0.370. The van der Waals surface area contributed by atoms with E-state index in [1.165, 1.54) is 0 Å². The molecule has 2 aromatic rings. The van der Waals surface area contributed by atoms with Gasteiger partial charge in [-0.25, -0.2) is 4.68 Å². The van der Waals surface area contributed by atoms with Crippen molar-refractivity contribution in [2.75, 3.05) is 6.54 Å². The molecule has 0 saturated heterocycles. The minimum Gasteiger partial charge on any atom is -0.359 e. The fourth-order valence-corrected chi connectivity index (χ4v) is 1.30. The second-order valence-electron chi connectivity index (χ2n) is 3.28. The van der Waals surface area contributed by atoms with Gasteiger partial charge in [-0.05, 0) is 19.4 Å². The van der Waals surface area contributed by atoms with E-state index in [2.05, 4.69) is 15.5 Å². The van der Waals surface area contributed by atoms with Crippen molar-refractivity contribution >= 4 is 0 Å². The van der Waals surface area contributed by atoms with E-state index in [9.17, 15) is 0 Å². The zero-order chi connectivity index (χ0) is 10.5. The number of nitrogens with zero attached hydrogens (tertiary/aromatic N) is 4. The maximum Gasteiger partial charge on any atom is 0.158 e. The summed E-state index contributed by atoms with van der Waals surface area (Å²) >= 11 is 0. The summed E-state index contributed by atoms with van der Waals surface area (Å²) in [4.78, 5) is 0. The molecule has 80 valence electrons. The van der Waals surface area contributed by atoms with Gasteiger partial charge in [-0.3, -0.25) is 0 Å². The summed E-state index contributed by atoms with van der Waals surface area (Å²) in [5.74, 6) is 0.769. The van der Waals surface area contributed by atoms with Crippen molar-refractivity contribution in [1.82, 2.24) is 20.2 Å². The average Bonchev–Trinajstić information content (AvgIpc) is 2.87. The van der Waals surface area contributed by atoms with E-state index in [1.807, 2.05) is 6.20 Å². The SMILES string of the molecule is NCCCc1cn(Cc2ccno2)nn1. The minimum atomic E-state index is 0.565. The van der Waals surface area contributed by atoms with Crippen molar-refractivity contribution in [2.45, 2.75) is 19.4 Å². The smallest absolute Gasteiger partial charge is 0.158 e. The zero-order valence-corrected chi connectivity index (χ0v) is 8.33. The fourth-order valence-electron chi connectivity index (χ4n) is 1.30.